The Balaban J connectivity index is 0.000000687. The van der Waals surface area contributed by atoms with Gasteiger partial charge < -0.3 is 40.0 Å². The highest BCUT2D eigenvalue weighted by atomic mass is 32.1. The number of rotatable bonds is 8. The Morgan fingerprint density at radius 3 is 1.75 bits per heavy atom. The van der Waals surface area contributed by atoms with Crippen molar-refractivity contribution < 1.29 is 65.1 Å². The number of nitrogen functional groups attached to an aromatic ring is 1. The van der Waals surface area contributed by atoms with Crippen molar-refractivity contribution in [3.05, 3.63) is 59.2 Å². The lowest BCUT2D eigenvalue weighted by molar-refractivity contribution is -0.193. The van der Waals surface area contributed by atoms with Crippen LogP contribution in [0, 0.1) is 10.8 Å². The number of amidine groups is 2. The zero-order valence-electron chi connectivity index (χ0n) is 25.3. The van der Waals surface area contributed by atoms with Gasteiger partial charge in [-0.2, -0.15) is 26.3 Å². The Hall–Kier alpha value is -5.14. The normalized spacial score (nSPS) is 12.3. The minimum absolute atomic E-state index is 0.00600. The molecule has 0 aromatic heterocycles. The van der Waals surface area contributed by atoms with Crippen LogP contribution in [-0.4, -0.2) is 108 Å². The lowest BCUT2D eigenvalue weighted by Gasteiger charge is -2.18. The Morgan fingerprint density at radius 1 is 0.854 bits per heavy atom. The molecule has 0 spiro atoms. The second-order valence-electron chi connectivity index (χ2n) is 9.55. The zero-order chi connectivity index (χ0) is 36.8. The van der Waals surface area contributed by atoms with Crippen molar-refractivity contribution in [1.29, 1.82) is 10.8 Å². The van der Waals surface area contributed by atoms with Gasteiger partial charge in [-0.05, 0) is 55.4 Å². The van der Waals surface area contributed by atoms with E-state index in [4.69, 9.17) is 62.8 Å². The largest absolute Gasteiger partial charge is 0.490 e. The van der Waals surface area contributed by atoms with Crippen molar-refractivity contribution in [2.75, 3.05) is 40.4 Å². The summed E-state index contributed by atoms with van der Waals surface area (Å²) in [5.74, 6) is -4.93. The number of nitrogens with one attached hydrogen (secondary N) is 2. The number of carbonyl (C=O) groups excluding carboxylic acids is 1. The van der Waals surface area contributed by atoms with Crippen LogP contribution in [0.25, 0.3) is 0 Å². The van der Waals surface area contributed by atoms with E-state index in [9.17, 15) is 31.1 Å². The molecule has 0 unspecified atom stereocenters. The topological polar surface area (TPSA) is 200 Å². The van der Waals surface area contributed by atoms with E-state index in [0.29, 0.717) is 28.5 Å². The highest BCUT2D eigenvalue weighted by Crippen LogP contribution is 2.29. The van der Waals surface area contributed by atoms with Gasteiger partial charge >= 0.3 is 30.3 Å². The molecule has 1 aliphatic heterocycles. The minimum atomic E-state index is -5.08. The summed E-state index contributed by atoms with van der Waals surface area (Å²) in [6.07, 6.45) is -7.96. The molecular formula is C28H31F6N5O8S. The number of ether oxygens (including phenoxy) is 3. The Kier molecular flexibility index (Phi) is 15.6. The lowest BCUT2D eigenvalue weighted by atomic mass is 10.1. The molecule has 6 N–H and O–H groups in total. The van der Waals surface area contributed by atoms with Crippen molar-refractivity contribution in [3.63, 3.8) is 0 Å². The van der Waals surface area contributed by atoms with Gasteiger partial charge in [0.15, 0.2) is 11.5 Å². The number of aliphatic carboxylic acids is 2. The highest BCUT2D eigenvalue weighted by Gasteiger charge is 2.38. The lowest BCUT2D eigenvalue weighted by Crippen LogP contribution is -2.27. The summed E-state index contributed by atoms with van der Waals surface area (Å²) in [5.41, 5.74) is 7.21. The van der Waals surface area contributed by atoms with Gasteiger partial charge in [-0.25, -0.2) is 14.4 Å². The minimum Gasteiger partial charge on any atom is -0.486 e. The number of benzene rings is 2. The summed E-state index contributed by atoms with van der Waals surface area (Å²) in [6, 6.07) is 11.7. The van der Waals surface area contributed by atoms with Crippen molar-refractivity contribution in [1.82, 2.24) is 9.80 Å². The molecule has 1 heterocycles. The Labute approximate surface area is 274 Å². The number of carboxylic acid groups (broad SMARTS) is 2. The third kappa shape index (κ3) is 14.1. The van der Waals surface area contributed by atoms with Gasteiger partial charge in [0, 0.05) is 38.3 Å². The quantitative estimate of drug-likeness (QED) is 0.0657. The molecule has 48 heavy (non-hydrogen) atoms. The molecule has 0 saturated carbocycles. The van der Waals surface area contributed by atoms with Crippen LogP contribution >= 0.6 is 12.2 Å². The van der Waals surface area contributed by atoms with Gasteiger partial charge in [-0.3, -0.25) is 10.8 Å². The summed E-state index contributed by atoms with van der Waals surface area (Å²) in [6.45, 7) is 1.86. The third-order valence-corrected chi connectivity index (χ3v) is 6.14. The molecule has 2 aromatic carbocycles. The summed E-state index contributed by atoms with van der Waals surface area (Å²) in [4.78, 5) is 33.9. The van der Waals surface area contributed by atoms with Gasteiger partial charge in [0.1, 0.15) is 24.9 Å². The van der Waals surface area contributed by atoms with Gasteiger partial charge in [-0.15, -0.1) is 0 Å². The maximum atomic E-state index is 12.4. The van der Waals surface area contributed by atoms with Crippen LogP contribution in [-0.2, 0) is 14.3 Å². The molecule has 3 rings (SSSR count). The number of esters is 1. The van der Waals surface area contributed by atoms with E-state index >= 15 is 0 Å². The monoisotopic (exact) mass is 711 g/mol. The molecule has 1 aliphatic rings. The third-order valence-electron chi connectivity index (χ3n) is 5.69. The summed E-state index contributed by atoms with van der Waals surface area (Å²) >= 11 is 5.18. The number of thiocarbonyl (C=S) groups is 1. The molecule has 20 heteroatoms. The molecule has 0 atom stereocenters. The molecule has 0 bridgehead atoms. The molecular weight excluding hydrogens is 680 g/mol. The number of hydrogen-bond acceptors (Lipinski definition) is 9. The van der Waals surface area contributed by atoms with Crippen molar-refractivity contribution >= 4 is 47.0 Å². The number of halogens is 6. The van der Waals surface area contributed by atoms with Gasteiger partial charge in [0.05, 0.1) is 5.56 Å². The zero-order valence-corrected chi connectivity index (χ0v) is 26.1. The smallest absolute Gasteiger partial charge is 0.486 e. The van der Waals surface area contributed by atoms with Crippen LogP contribution in [0.3, 0.4) is 0 Å². The first-order chi connectivity index (χ1) is 22.1. The fraction of sp³-hybridized carbons (Fsp3) is 0.357. The second kappa shape index (κ2) is 18.3. The predicted molar refractivity (Wildman–Crippen MR) is 162 cm³/mol. The summed E-state index contributed by atoms with van der Waals surface area (Å²) in [7, 11) is 3.52. The van der Waals surface area contributed by atoms with E-state index in [1.165, 1.54) is 0 Å². The second-order valence-corrected chi connectivity index (χ2v) is 9.90. The number of carbonyl (C=O) groups is 3. The standard InChI is InChI=1S/C24H29N5O4S.2C2HF3O2/c1-28(2)24(34)33-19-10-9-18(21(25)26)15-20(19)31-13-14-32-23(30)17-7-5-16(6-8-17)22(27)29-11-3-4-12-29;2*3-2(4,5)1(6)7/h5-10,15,27H,3-4,11-14H2,1-2H3,(H3,25,26);2*(H,6,7). The molecule has 0 amide bonds. The van der Waals surface area contributed by atoms with Crippen LogP contribution in [0.15, 0.2) is 42.5 Å². The number of carboxylic acids is 2. The Bertz CT molecular complexity index is 1440. The first-order valence-electron chi connectivity index (χ1n) is 13.4. The van der Waals surface area contributed by atoms with Crippen LogP contribution in [0.4, 0.5) is 26.3 Å². The predicted octanol–water partition coefficient (Wildman–Crippen LogP) is 4.12. The first kappa shape index (κ1) is 40.9. The number of alkyl halides is 6. The summed E-state index contributed by atoms with van der Waals surface area (Å²) in [5, 5.41) is 30.4. The van der Waals surface area contributed by atoms with E-state index in [2.05, 4.69) is 0 Å². The average molecular weight is 712 g/mol. The molecule has 1 fully saturated rings. The van der Waals surface area contributed by atoms with E-state index in [-0.39, 0.29) is 24.2 Å². The first-order valence-corrected chi connectivity index (χ1v) is 13.8. The van der Waals surface area contributed by atoms with Crippen LogP contribution < -0.4 is 15.2 Å². The fourth-order valence-electron chi connectivity index (χ4n) is 3.31. The number of likely N-dealkylation sites (tertiary alicyclic amines) is 1. The van der Waals surface area contributed by atoms with Gasteiger partial charge in [0.25, 0.3) is 5.17 Å². The maximum absolute atomic E-state index is 12.4. The average Bonchev–Trinajstić information content (AvgIpc) is 3.54. The van der Waals surface area contributed by atoms with Crippen molar-refractivity contribution in [2.24, 2.45) is 5.73 Å². The SMILES string of the molecule is CN(C)C(=S)Oc1ccc(C(=N)N)cc1OCCOC(=O)c1ccc(C(=N)N2CCCC2)cc1.O=C(O)C(F)(F)F.O=C(O)C(F)(F)F. The maximum Gasteiger partial charge on any atom is 0.490 e. The summed E-state index contributed by atoms with van der Waals surface area (Å²) < 4.78 is 80.2. The molecule has 2 aromatic rings. The van der Waals surface area contributed by atoms with E-state index < -0.39 is 30.3 Å². The van der Waals surface area contributed by atoms with Gasteiger partial charge in [-0.1, -0.05) is 12.1 Å². The Morgan fingerprint density at radius 2 is 1.31 bits per heavy atom. The van der Waals surface area contributed by atoms with Crippen LogP contribution in [0.1, 0.15) is 34.3 Å². The van der Waals surface area contributed by atoms with E-state index in [1.807, 2.05) is 4.90 Å². The van der Waals surface area contributed by atoms with Gasteiger partial charge in [0.2, 0.25) is 0 Å². The van der Waals surface area contributed by atoms with Crippen LogP contribution in [0.5, 0.6) is 11.5 Å². The van der Waals surface area contributed by atoms with Crippen LogP contribution in [0.2, 0.25) is 0 Å². The van der Waals surface area contributed by atoms with Crippen molar-refractivity contribution in [2.45, 2.75) is 25.2 Å². The molecule has 264 valence electrons. The highest BCUT2D eigenvalue weighted by molar-refractivity contribution is 7.80. The molecule has 1 saturated heterocycles. The molecule has 13 nitrogen and oxygen atoms in total. The number of nitrogens with zero attached hydrogens (tertiary/aromatic N) is 2. The molecule has 0 radical (unpaired) electrons. The van der Waals surface area contributed by atoms with E-state index in [0.717, 1.165) is 31.5 Å². The number of nitrogens with two attached hydrogens (primary N) is 1. The number of hydrogen-bond donors (Lipinski definition) is 5. The fourth-order valence-corrected chi connectivity index (χ4v) is 3.40. The molecule has 0 aliphatic carbocycles. The van der Waals surface area contributed by atoms with Crippen molar-refractivity contribution in [3.8, 4) is 11.5 Å². The van der Waals surface area contributed by atoms with E-state index in [1.54, 1.807) is 61.5 Å².